The minimum Gasteiger partial charge on any atom is -0.451 e. The number of carbonyl (C=O) groups is 2. The summed E-state index contributed by atoms with van der Waals surface area (Å²) in [6.07, 6.45) is 0. The SMILES string of the molecule is CN(CC(N)=O)C(=O)c1cc2cc(Cl)ccc2o1. The standard InChI is InChI=1S/C12H11ClN2O3/c1-15(6-11(14)16)12(17)10-5-7-4-8(13)2-3-9(7)18-10/h2-5H,6H2,1H3,(H2,14,16). The molecule has 1 aromatic heterocycles. The molecule has 0 atom stereocenters. The molecule has 2 aromatic rings. The average molecular weight is 267 g/mol. The van der Waals surface area contributed by atoms with Crippen molar-refractivity contribution < 1.29 is 14.0 Å². The molecule has 94 valence electrons. The van der Waals surface area contributed by atoms with Gasteiger partial charge in [-0.2, -0.15) is 0 Å². The van der Waals surface area contributed by atoms with E-state index < -0.39 is 11.8 Å². The zero-order valence-electron chi connectivity index (χ0n) is 9.64. The van der Waals surface area contributed by atoms with Crippen LogP contribution in [0.1, 0.15) is 10.6 Å². The topological polar surface area (TPSA) is 76.5 Å². The van der Waals surface area contributed by atoms with E-state index in [-0.39, 0.29) is 12.3 Å². The van der Waals surface area contributed by atoms with Gasteiger partial charge in [-0.25, -0.2) is 0 Å². The Morgan fingerprint density at radius 3 is 2.78 bits per heavy atom. The largest absolute Gasteiger partial charge is 0.451 e. The monoisotopic (exact) mass is 266 g/mol. The highest BCUT2D eigenvalue weighted by Crippen LogP contribution is 2.23. The summed E-state index contributed by atoms with van der Waals surface area (Å²) in [5, 5.41) is 1.30. The highest BCUT2D eigenvalue weighted by atomic mass is 35.5. The van der Waals surface area contributed by atoms with Crippen molar-refractivity contribution in [1.29, 1.82) is 0 Å². The fraction of sp³-hybridized carbons (Fsp3) is 0.167. The van der Waals surface area contributed by atoms with E-state index in [9.17, 15) is 9.59 Å². The van der Waals surface area contributed by atoms with Gasteiger partial charge in [-0.1, -0.05) is 11.6 Å². The Morgan fingerprint density at radius 1 is 1.39 bits per heavy atom. The summed E-state index contributed by atoms with van der Waals surface area (Å²) in [6, 6.07) is 6.64. The van der Waals surface area contributed by atoms with E-state index >= 15 is 0 Å². The minimum atomic E-state index is -0.579. The van der Waals surface area contributed by atoms with Gasteiger partial charge in [0.25, 0.3) is 5.91 Å². The smallest absolute Gasteiger partial charge is 0.289 e. The van der Waals surface area contributed by atoms with Crippen LogP contribution in [0.25, 0.3) is 11.0 Å². The zero-order chi connectivity index (χ0) is 13.3. The summed E-state index contributed by atoms with van der Waals surface area (Å²) in [4.78, 5) is 23.9. The number of hydrogen-bond acceptors (Lipinski definition) is 3. The number of benzene rings is 1. The number of amides is 2. The first kappa shape index (κ1) is 12.4. The summed E-state index contributed by atoms with van der Waals surface area (Å²) in [7, 11) is 1.48. The van der Waals surface area contributed by atoms with E-state index in [4.69, 9.17) is 21.8 Å². The summed E-state index contributed by atoms with van der Waals surface area (Å²) in [6.45, 7) is -0.156. The molecule has 1 aromatic carbocycles. The predicted octanol–water partition coefficient (Wildman–Crippen LogP) is 1.64. The molecule has 0 unspecified atom stereocenters. The minimum absolute atomic E-state index is 0.149. The van der Waals surface area contributed by atoms with Crippen LogP contribution in [0.2, 0.25) is 5.02 Å². The lowest BCUT2D eigenvalue weighted by atomic mass is 10.2. The van der Waals surface area contributed by atoms with Crippen molar-refractivity contribution in [2.24, 2.45) is 5.73 Å². The van der Waals surface area contributed by atoms with Crippen molar-refractivity contribution in [3.63, 3.8) is 0 Å². The van der Waals surface area contributed by atoms with Crippen LogP contribution < -0.4 is 5.73 Å². The number of rotatable bonds is 3. The third kappa shape index (κ3) is 2.46. The third-order valence-electron chi connectivity index (χ3n) is 2.43. The Bertz CT molecular complexity index is 621. The van der Waals surface area contributed by atoms with Crippen LogP contribution in [0.4, 0.5) is 0 Å². The van der Waals surface area contributed by atoms with Crippen molar-refractivity contribution in [2.45, 2.75) is 0 Å². The number of nitrogens with two attached hydrogens (primary N) is 1. The molecule has 2 amide bonds. The Morgan fingerprint density at radius 2 is 2.11 bits per heavy atom. The molecule has 0 aliphatic carbocycles. The second-order valence-corrected chi connectivity index (χ2v) is 4.36. The molecule has 0 bridgehead atoms. The lowest BCUT2D eigenvalue weighted by molar-refractivity contribution is -0.118. The van der Waals surface area contributed by atoms with Gasteiger partial charge in [0.2, 0.25) is 5.91 Å². The van der Waals surface area contributed by atoms with Gasteiger partial charge in [0, 0.05) is 17.5 Å². The number of carbonyl (C=O) groups excluding carboxylic acids is 2. The average Bonchev–Trinajstić information content (AvgIpc) is 2.69. The molecule has 0 radical (unpaired) electrons. The van der Waals surface area contributed by atoms with E-state index in [0.717, 1.165) is 5.39 Å². The van der Waals surface area contributed by atoms with Gasteiger partial charge < -0.3 is 15.1 Å². The van der Waals surface area contributed by atoms with Gasteiger partial charge >= 0.3 is 0 Å². The van der Waals surface area contributed by atoms with Gasteiger partial charge in [0.15, 0.2) is 5.76 Å². The molecule has 6 heteroatoms. The summed E-state index contributed by atoms with van der Waals surface area (Å²) in [5.74, 6) is -0.831. The maximum atomic E-state index is 11.9. The fourth-order valence-electron chi connectivity index (χ4n) is 1.61. The lowest BCUT2D eigenvalue weighted by Gasteiger charge is -2.12. The van der Waals surface area contributed by atoms with E-state index in [1.807, 2.05) is 0 Å². The van der Waals surface area contributed by atoms with E-state index in [1.54, 1.807) is 24.3 Å². The first-order chi connectivity index (χ1) is 8.47. The fourth-order valence-corrected chi connectivity index (χ4v) is 1.79. The van der Waals surface area contributed by atoms with Gasteiger partial charge in [0.1, 0.15) is 5.58 Å². The Hall–Kier alpha value is -2.01. The van der Waals surface area contributed by atoms with Crippen molar-refractivity contribution >= 4 is 34.4 Å². The van der Waals surface area contributed by atoms with Crippen LogP contribution in [-0.4, -0.2) is 30.3 Å². The van der Waals surface area contributed by atoms with Gasteiger partial charge in [-0.05, 0) is 24.3 Å². The van der Waals surface area contributed by atoms with Crippen LogP contribution in [-0.2, 0) is 4.79 Å². The summed E-state index contributed by atoms with van der Waals surface area (Å²) in [5.41, 5.74) is 5.59. The molecule has 18 heavy (non-hydrogen) atoms. The lowest BCUT2D eigenvalue weighted by Crippen LogP contribution is -2.35. The molecule has 0 saturated carbocycles. The van der Waals surface area contributed by atoms with E-state index in [2.05, 4.69) is 0 Å². The maximum absolute atomic E-state index is 11.9. The summed E-state index contributed by atoms with van der Waals surface area (Å²) < 4.78 is 5.39. The third-order valence-corrected chi connectivity index (χ3v) is 2.66. The highest BCUT2D eigenvalue weighted by molar-refractivity contribution is 6.31. The number of hydrogen-bond donors (Lipinski definition) is 1. The molecule has 0 spiro atoms. The maximum Gasteiger partial charge on any atom is 0.289 e. The van der Waals surface area contributed by atoms with Gasteiger partial charge in [-0.3, -0.25) is 9.59 Å². The molecule has 2 rings (SSSR count). The number of halogens is 1. The molecule has 0 aliphatic rings. The molecule has 0 fully saturated rings. The quantitative estimate of drug-likeness (QED) is 0.917. The van der Waals surface area contributed by atoms with Crippen LogP contribution >= 0.6 is 11.6 Å². The van der Waals surface area contributed by atoms with Crippen LogP contribution in [0, 0.1) is 0 Å². The molecule has 1 heterocycles. The van der Waals surface area contributed by atoms with Crippen molar-refractivity contribution in [2.75, 3.05) is 13.6 Å². The first-order valence-electron chi connectivity index (χ1n) is 5.20. The molecule has 2 N–H and O–H groups in total. The Kier molecular flexibility index (Phi) is 3.25. The molecular weight excluding hydrogens is 256 g/mol. The van der Waals surface area contributed by atoms with Gasteiger partial charge in [-0.15, -0.1) is 0 Å². The number of nitrogens with zero attached hydrogens (tertiary/aromatic N) is 1. The number of furan rings is 1. The molecule has 0 saturated heterocycles. The second-order valence-electron chi connectivity index (χ2n) is 3.92. The normalized spacial score (nSPS) is 10.6. The van der Waals surface area contributed by atoms with Crippen molar-refractivity contribution in [3.8, 4) is 0 Å². The van der Waals surface area contributed by atoms with Crippen molar-refractivity contribution in [1.82, 2.24) is 4.90 Å². The van der Waals surface area contributed by atoms with Crippen molar-refractivity contribution in [3.05, 3.63) is 35.0 Å². The van der Waals surface area contributed by atoms with Crippen LogP contribution in [0.3, 0.4) is 0 Å². The van der Waals surface area contributed by atoms with E-state index in [0.29, 0.717) is 10.6 Å². The Labute approximate surface area is 108 Å². The molecular formula is C12H11ClN2O3. The predicted molar refractivity (Wildman–Crippen MR) is 67.4 cm³/mol. The molecule has 5 nitrogen and oxygen atoms in total. The van der Waals surface area contributed by atoms with Gasteiger partial charge in [0.05, 0.1) is 6.54 Å². The number of likely N-dealkylation sites (N-methyl/N-ethyl adjacent to an activating group) is 1. The number of primary amides is 1. The summed E-state index contributed by atoms with van der Waals surface area (Å²) >= 11 is 5.84. The second kappa shape index (κ2) is 4.70. The Balaban J connectivity index is 2.30. The number of fused-ring (bicyclic) bond motifs is 1. The zero-order valence-corrected chi connectivity index (χ0v) is 10.4. The van der Waals surface area contributed by atoms with Crippen LogP contribution in [0.5, 0.6) is 0 Å². The molecule has 0 aliphatic heterocycles. The first-order valence-corrected chi connectivity index (χ1v) is 5.58. The van der Waals surface area contributed by atoms with Crippen LogP contribution in [0.15, 0.2) is 28.7 Å². The van der Waals surface area contributed by atoms with E-state index in [1.165, 1.54) is 11.9 Å². The highest BCUT2D eigenvalue weighted by Gasteiger charge is 2.18.